The van der Waals surface area contributed by atoms with Crippen LogP contribution in [-0.4, -0.2) is 30.7 Å². The predicted octanol–water partition coefficient (Wildman–Crippen LogP) is 2.80. The molecule has 0 aliphatic carbocycles. The Morgan fingerprint density at radius 1 is 1.43 bits per heavy atom. The second-order valence-electron chi connectivity index (χ2n) is 4.81. The Bertz CT molecular complexity index is 532. The summed E-state index contributed by atoms with van der Waals surface area (Å²) >= 11 is 5.91. The van der Waals surface area contributed by atoms with E-state index in [-0.39, 0.29) is 16.4 Å². The van der Waals surface area contributed by atoms with Gasteiger partial charge in [-0.05, 0) is 24.8 Å². The van der Waals surface area contributed by atoms with Gasteiger partial charge >= 0.3 is 6.03 Å². The van der Waals surface area contributed by atoms with Crippen LogP contribution in [0.4, 0.5) is 16.2 Å². The molecule has 1 heterocycles. The van der Waals surface area contributed by atoms with Gasteiger partial charge in [0.05, 0.1) is 15.6 Å². The maximum atomic E-state index is 11.8. The van der Waals surface area contributed by atoms with Crippen molar-refractivity contribution in [2.75, 3.05) is 25.1 Å². The van der Waals surface area contributed by atoms with Gasteiger partial charge in [-0.15, -0.1) is 0 Å². The summed E-state index contributed by atoms with van der Waals surface area (Å²) in [4.78, 5) is 22.0. The van der Waals surface area contributed by atoms with Crippen LogP contribution in [0.5, 0.6) is 0 Å². The molecule has 2 N–H and O–H groups in total. The molecule has 0 aromatic heterocycles. The maximum Gasteiger partial charge on any atom is 0.319 e. The van der Waals surface area contributed by atoms with Gasteiger partial charge < -0.3 is 15.4 Å². The molecule has 7 nitrogen and oxygen atoms in total. The Morgan fingerprint density at radius 2 is 2.14 bits per heavy atom. The average molecular weight is 314 g/mol. The molecule has 1 fully saturated rings. The van der Waals surface area contributed by atoms with Crippen LogP contribution in [0.1, 0.15) is 12.8 Å². The molecule has 1 saturated heterocycles. The molecule has 1 aromatic carbocycles. The topological polar surface area (TPSA) is 93.5 Å². The first-order chi connectivity index (χ1) is 10.1. The summed E-state index contributed by atoms with van der Waals surface area (Å²) < 4.78 is 5.24. The summed E-state index contributed by atoms with van der Waals surface area (Å²) in [5.41, 5.74) is 0.0921. The largest absolute Gasteiger partial charge is 0.381 e. The SMILES string of the molecule is O=C(NCC1CCOCC1)Nc1cc([N+](=O)[O-])ccc1Cl. The van der Waals surface area contributed by atoms with Gasteiger partial charge in [-0.3, -0.25) is 10.1 Å². The van der Waals surface area contributed by atoms with Gasteiger partial charge in [-0.25, -0.2) is 4.79 Å². The number of benzene rings is 1. The average Bonchev–Trinajstić information content (AvgIpc) is 2.48. The van der Waals surface area contributed by atoms with E-state index in [2.05, 4.69) is 10.6 Å². The van der Waals surface area contributed by atoms with E-state index >= 15 is 0 Å². The smallest absolute Gasteiger partial charge is 0.319 e. The highest BCUT2D eigenvalue weighted by molar-refractivity contribution is 6.33. The highest BCUT2D eigenvalue weighted by Gasteiger charge is 2.16. The van der Waals surface area contributed by atoms with Crippen molar-refractivity contribution < 1.29 is 14.5 Å². The monoisotopic (exact) mass is 313 g/mol. The van der Waals surface area contributed by atoms with Crippen molar-refractivity contribution >= 4 is 29.0 Å². The Labute approximate surface area is 126 Å². The Morgan fingerprint density at radius 3 is 2.81 bits per heavy atom. The normalized spacial score (nSPS) is 15.5. The molecule has 0 unspecified atom stereocenters. The third-order valence-electron chi connectivity index (χ3n) is 3.30. The first kappa shape index (κ1) is 15.5. The van der Waals surface area contributed by atoms with Crippen LogP contribution in [0.2, 0.25) is 5.02 Å². The van der Waals surface area contributed by atoms with E-state index in [1.54, 1.807) is 0 Å². The number of halogens is 1. The molecule has 1 aliphatic heterocycles. The first-order valence-corrected chi connectivity index (χ1v) is 7.00. The lowest BCUT2D eigenvalue weighted by Gasteiger charge is -2.22. The lowest BCUT2D eigenvalue weighted by Crippen LogP contribution is -2.35. The number of nitro benzene ring substituents is 1. The minimum atomic E-state index is -0.540. The van der Waals surface area contributed by atoms with Gasteiger partial charge in [0, 0.05) is 31.9 Å². The van der Waals surface area contributed by atoms with Crippen LogP contribution in [0, 0.1) is 16.0 Å². The number of anilines is 1. The molecule has 0 spiro atoms. The molecule has 0 atom stereocenters. The molecule has 0 saturated carbocycles. The number of nitrogens with one attached hydrogen (secondary N) is 2. The summed E-state index contributed by atoms with van der Waals surface area (Å²) in [7, 11) is 0. The molecule has 1 aromatic rings. The minimum Gasteiger partial charge on any atom is -0.381 e. The summed E-state index contributed by atoms with van der Waals surface area (Å²) in [5, 5.41) is 16.2. The van der Waals surface area contributed by atoms with Gasteiger partial charge in [0.15, 0.2) is 0 Å². The Hall–Kier alpha value is -1.86. The number of carbonyl (C=O) groups excluding carboxylic acids is 1. The van der Waals surface area contributed by atoms with Gasteiger partial charge in [0.2, 0.25) is 0 Å². The second-order valence-corrected chi connectivity index (χ2v) is 5.22. The van der Waals surface area contributed by atoms with Crippen molar-refractivity contribution in [2.24, 2.45) is 5.92 Å². The molecular formula is C13H16ClN3O4. The lowest BCUT2D eigenvalue weighted by molar-refractivity contribution is -0.384. The second kappa shape index (κ2) is 7.24. The quantitative estimate of drug-likeness (QED) is 0.660. The van der Waals surface area contributed by atoms with Crippen molar-refractivity contribution in [3.63, 3.8) is 0 Å². The van der Waals surface area contributed by atoms with Crippen LogP contribution in [0.15, 0.2) is 18.2 Å². The highest BCUT2D eigenvalue weighted by atomic mass is 35.5. The number of carbonyl (C=O) groups is 1. The highest BCUT2D eigenvalue weighted by Crippen LogP contribution is 2.26. The van der Waals surface area contributed by atoms with E-state index < -0.39 is 11.0 Å². The van der Waals surface area contributed by atoms with Crippen molar-refractivity contribution in [3.05, 3.63) is 33.3 Å². The third-order valence-corrected chi connectivity index (χ3v) is 3.63. The number of non-ortho nitro benzene ring substituents is 1. The van der Waals surface area contributed by atoms with Crippen LogP contribution in [-0.2, 0) is 4.74 Å². The molecule has 114 valence electrons. The molecule has 2 amide bonds. The van der Waals surface area contributed by atoms with Crippen LogP contribution >= 0.6 is 11.6 Å². The van der Waals surface area contributed by atoms with Crippen LogP contribution < -0.4 is 10.6 Å². The number of amides is 2. The summed E-state index contributed by atoms with van der Waals surface area (Å²) in [5.74, 6) is 0.394. The van der Waals surface area contributed by atoms with Gasteiger partial charge in [0.1, 0.15) is 0 Å². The molecular weight excluding hydrogens is 298 g/mol. The summed E-state index contributed by atoms with van der Waals surface area (Å²) in [6.45, 7) is 1.97. The Kier molecular flexibility index (Phi) is 5.35. The predicted molar refractivity (Wildman–Crippen MR) is 78.7 cm³/mol. The van der Waals surface area contributed by atoms with E-state index in [0.29, 0.717) is 25.7 Å². The fourth-order valence-electron chi connectivity index (χ4n) is 2.08. The zero-order chi connectivity index (χ0) is 15.2. The van der Waals surface area contributed by atoms with E-state index in [0.717, 1.165) is 12.8 Å². The first-order valence-electron chi connectivity index (χ1n) is 6.63. The number of rotatable bonds is 4. The van der Waals surface area contributed by atoms with Crippen molar-refractivity contribution in [3.8, 4) is 0 Å². The van der Waals surface area contributed by atoms with Crippen molar-refractivity contribution in [1.82, 2.24) is 5.32 Å². The fourth-order valence-corrected chi connectivity index (χ4v) is 2.24. The minimum absolute atomic E-state index is 0.126. The number of ether oxygens (including phenoxy) is 1. The number of nitro groups is 1. The fraction of sp³-hybridized carbons (Fsp3) is 0.462. The van der Waals surface area contributed by atoms with Crippen LogP contribution in [0.3, 0.4) is 0 Å². The van der Waals surface area contributed by atoms with Crippen molar-refractivity contribution in [2.45, 2.75) is 12.8 Å². The van der Waals surface area contributed by atoms with E-state index in [1.807, 2.05) is 0 Å². The van der Waals surface area contributed by atoms with Gasteiger partial charge in [0.25, 0.3) is 5.69 Å². The summed E-state index contributed by atoms with van der Waals surface area (Å²) in [6.07, 6.45) is 1.83. The number of hydrogen-bond acceptors (Lipinski definition) is 4. The number of nitrogens with zero attached hydrogens (tertiary/aromatic N) is 1. The number of hydrogen-bond donors (Lipinski definition) is 2. The van der Waals surface area contributed by atoms with Gasteiger partial charge in [-0.2, -0.15) is 0 Å². The molecule has 0 radical (unpaired) electrons. The van der Waals surface area contributed by atoms with Gasteiger partial charge in [-0.1, -0.05) is 11.6 Å². The van der Waals surface area contributed by atoms with Crippen LogP contribution in [0.25, 0.3) is 0 Å². The number of urea groups is 1. The molecule has 2 rings (SSSR count). The maximum absolute atomic E-state index is 11.8. The zero-order valence-corrected chi connectivity index (χ0v) is 12.1. The standard InChI is InChI=1S/C13H16ClN3O4/c14-11-2-1-10(17(19)20)7-12(11)16-13(18)15-8-9-3-5-21-6-4-9/h1-2,7,9H,3-6,8H2,(H2,15,16,18). The summed E-state index contributed by atoms with van der Waals surface area (Å²) in [6, 6.07) is 3.47. The molecule has 1 aliphatic rings. The molecule has 0 bridgehead atoms. The molecule has 8 heteroatoms. The third kappa shape index (κ3) is 4.57. The zero-order valence-electron chi connectivity index (χ0n) is 11.3. The van der Waals surface area contributed by atoms with E-state index in [1.165, 1.54) is 18.2 Å². The van der Waals surface area contributed by atoms with E-state index in [9.17, 15) is 14.9 Å². The lowest BCUT2D eigenvalue weighted by atomic mass is 10.0. The van der Waals surface area contributed by atoms with E-state index in [4.69, 9.17) is 16.3 Å². The Balaban J connectivity index is 1.89. The van der Waals surface area contributed by atoms with Crippen molar-refractivity contribution in [1.29, 1.82) is 0 Å². The molecule has 21 heavy (non-hydrogen) atoms.